The summed E-state index contributed by atoms with van der Waals surface area (Å²) in [7, 11) is 1.61. The van der Waals surface area contributed by atoms with Gasteiger partial charge in [0, 0.05) is 26.1 Å². The molecule has 1 aliphatic heterocycles. The van der Waals surface area contributed by atoms with Gasteiger partial charge in [-0.1, -0.05) is 0 Å². The molecule has 2 heterocycles. The number of nitrogens with one attached hydrogen (secondary N) is 1. The molecule has 0 unspecified atom stereocenters. The zero-order valence-corrected chi connectivity index (χ0v) is 11.6. The monoisotopic (exact) mass is 277 g/mol. The van der Waals surface area contributed by atoms with Crippen molar-refractivity contribution in [2.24, 2.45) is 0 Å². The number of carbonyl (C=O) groups excluding carboxylic acids is 2. The normalized spacial score (nSPS) is 18.4. The Morgan fingerprint density at radius 1 is 1.35 bits per heavy atom. The summed E-state index contributed by atoms with van der Waals surface area (Å²) in [5.74, 6) is 1.06. The van der Waals surface area contributed by atoms with E-state index in [1.165, 1.54) is 4.90 Å². The molecular weight excluding hydrogens is 258 g/mol. The molecule has 2 aliphatic rings. The van der Waals surface area contributed by atoms with Gasteiger partial charge in [-0.3, -0.25) is 14.7 Å². The van der Waals surface area contributed by atoms with Gasteiger partial charge in [0.05, 0.1) is 6.54 Å². The minimum absolute atomic E-state index is 0.00342. The zero-order chi connectivity index (χ0) is 14.1. The fraction of sp³-hybridized carbons (Fsp3) is 0.692. The lowest BCUT2D eigenvalue weighted by Gasteiger charge is -2.20. The molecule has 0 radical (unpaired) electrons. The second-order valence-corrected chi connectivity index (χ2v) is 5.57. The first kappa shape index (κ1) is 13.1. The molecule has 0 spiro atoms. The van der Waals surface area contributed by atoms with Crippen molar-refractivity contribution in [2.45, 2.75) is 31.6 Å². The average Bonchev–Trinajstić information content (AvgIpc) is 2.97. The number of H-pyrrole nitrogens is 1. The third-order valence-electron chi connectivity index (χ3n) is 3.84. The molecule has 1 aromatic rings. The molecule has 2 fully saturated rings. The van der Waals surface area contributed by atoms with Gasteiger partial charge in [-0.15, -0.1) is 5.10 Å². The van der Waals surface area contributed by atoms with E-state index in [4.69, 9.17) is 0 Å². The number of aromatic nitrogens is 3. The molecule has 3 rings (SSSR count). The summed E-state index contributed by atoms with van der Waals surface area (Å²) in [6.45, 7) is 1.69. The number of likely N-dealkylation sites (N-methyl/N-ethyl adjacent to an activating group) is 1. The van der Waals surface area contributed by atoms with E-state index >= 15 is 0 Å². The lowest BCUT2D eigenvalue weighted by Crippen LogP contribution is -2.40. The summed E-state index contributed by atoms with van der Waals surface area (Å²) in [5, 5.41) is 6.76. The first-order chi connectivity index (χ1) is 9.65. The summed E-state index contributed by atoms with van der Waals surface area (Å²) >= 11 is 0. The van der Waals surface area contributed by atoms with Crippen LogP contribution in [0.4, 0.5) is 0 Å². The number of aromatic amines is 1. The van der Waals surface area contributed by atoms with Gasteiger partial charge in [-0.25, -0.2) is 4.98 Å². The Balaban J connectivity index is 1.58. The van der Waals surface area contributed by atoms with Crippen LogP contribution in [0.1, 0.15) is 48.0 Å². The smallest absolute Gasteiger partial charge is 0.293 e. The number of amides is 2. The molecule has 1 aromatic heterocycles. The van der Waals surface area contributed by atoms with E-state index < -0.39 is 0 Å². The highest BCUT2D eigenvalue weighted by Crippen LogP contribution is 2.37. The van der Waals surface area contributed by atoms with Gasteiger partial charge in [0.25, 0.3) is 5.91 Å². The topological polar surface area (TPSA) is 82.2 Å². The number of carbonyl (C=O) groups is 2. The molecule has 7 nitrogen and oxygen atoms in total. The molecule has 1 aliphatic carbocycles. The summed E-state index contributed by atoms with van der Waals surface area (Å²) in [6.07, 6.45) is 4.31. The molecule has 7 heteroatoms. The minimum Gasteiger partial charge on any atom is -0.341 e. The van der Waals surface area contributed by atoms with Crippen molar-refractivity contribution >= 4 is 11.8 Å². The molecule has 1 saturated heterocycles. The van der Waals surface area contributed by atoms with Crippen LogP contribution in [0, 0.1) is 0 Å². The van der Waals surface area contributed by atoms with Crippen LogP contribution in [0.3, 0.4) is 0 Å². The predicted octanol–water partition coefficient (Wildman–Crippen LogP) is 0.376. The van der Waals surface area contributed by atoms with Crippen molar-refractivity contribution < 1.29 is 9.59 Å². The third kappa shape index (κ3) is 2.66. The number of likely N-dealkylation sites (tertiary alicyclic amines) is 1. The van der Waals surface area contributed by atoms with Crippen molar-refractivity contribution in [3.63, 3.8) is 0 Å². The van der Waals surface area contributed by atoms with Gasteiger partial charge in [0.15, 0.2) is 0 Å². The Kier molecular flexibility index (Phi) is 3.42. The maximum atomic E-state index is 12.2. The molecule has 1 saturated carbocycles. The summed E-state index contributed by atoms with van der Waals surface area (Å²) in [4.78, 5) is 31.6. The maximum Gasteiger partial charge on any atom is 0.293 e. The first-order valence-electron chi connectivity index (χ1n) is 7.10. The van der Waals surface area contributed by atoms with Gasteiger partial charge in [-0.2, -0.15) is 0 Å². The molecule has 0 atom stereocenters. The van der Waals surface area contributed by atoms with Crippen molar-refractivity contribution in [1.29, 1.82) is 0 Å². The van der Waals surface area contributed by atoms with E-state index in [0.717, 1.165) is 44.6 Å². The van der Waals surface area contributed by atoms with Crippen LogP contribution in [-0.2, 0) is 4.79 Å². The van der Waals surface area contributed by atoms with Crippen LogP contribution >= 0.6 is 0 Å². The molecule has 2 amide bonds. The number of hydrogen-bond acceptors (Lipinski definition) is 4. The molecule has 1 N–H and O–H groups in total. The Labute approximate surface area is 117 Å². The Morgan fingerprint density at radius 2 is 2.05 bits per heavy atom. The van der Waals surface area contributed by atoms with Gasteiger partial charge in [-0.05, 0) is 25.7 Å². The SMILES string of the molecule is CN(CC(=O)N1CCCC1)C(=O)c1n[nH]c(C2CC2)n1. The second kappa shape index (κ2) is 5.22. The van der Waals surface area contributed by atoms with E-state index in [1.807, 2.05) is 0 Å². The summed E-state index contributed by atoms with van der Waals surface area (Å²) in [5.41, 5.74) is 0. The van der Waals surface area contributed by atoms with Crippen molar-refractivity contribution in [3.8, 4) is 0 Å². The lowest BCUT2D eigenvalue weighted by molar-refractivity contribution is -0.130. The highest BCUT2D eigenvalue weighted by molar-refractivity contribution is 5.93. The Morgan fingerprint density at radius 3 is 2.70 bits per heavy atom. The van der Waals surface area contributed by atoms with Crippen molar-refractivity contribution in [3.05, 3.63) is 11.6 Å². The van der Waals surface area contributed by atoms with Crippen molar-refractivity contribution in [2.75, 3.05) is 26.7 Å². The highest BCUT2D eigenvalue weighted by atomic mass is 16.2. The van der Waals surface area contributed by atoms with Gasteiger partial charge in [0.1, 0.15) is 5.82 Å². The Hall–Kier alpha value is -1.92. The average molecular weight is 277 g/mol. The number of nitrogens with zero attached hydrogens (tertiary/aromatic N) is 4. The zero-order valence-electron chi connectivity index (χ0n) is 11.6. The largest absolute Gasteiger partial charge is 0.341 e. The molecule has 20 heavy (non-hydrogen) atoms. The van der Waals surface area contributed by atoms with Gasteiger partial charge >= 0.3 is 0 Å². The standard InChI is InChI=1S/C13H19N5O2/c1-17(8-10(19)18-6-2-3-7-18)13(20)12-14-11(15-16-12)9-4-5-9/h9H,2-8H2,1H3,(H,14,15,16). The van der Waals surface area contributed by atoms with Gasteiger partial charge < -0.3 is 9.80 Å². The minimum atomic E-state index is -0.305. The van der Waals surface area contributed by atoms with Crippen LogP contribution in [0.2, 0.25) is 0 Å². The number of rotatable bonds is 4. The van der Waals surface area contributed by atoms with Crippen LogP contribution in [0.25, 0.3) is 0 Å². The fourth-order valence-corrected chi connectivity index (χ4v) is 2.42. The lowest BCUT2D eigenvalue weighted by atomic mass is 10.4. The predicted molar refractivity (Wildman–Crippen MR) is 71.1 cm³/mol. The quantitative estimate of drug-likeness (QED) is 0.862. The maximum absolute atomic E-state index is 12.2. The fourth-order valence-electron chi connectivity index (χ4n) is 2.42. The second-order valence-electron chi connectivity index (χ2n) is 5.57. The first-order valence-corrected chi connectivity index (χ1v) is 7.10. The summed E-state index contributed by atoms with van der Waals surface area (Å²) in [6, 6.07) is 0. The van der Waals surface area contributed by atoms with Crippen LogP contribution < -0.4 is 0 Å². The van der Waals surface area contributed by atoms with Crippen LogP contribution in [0.15, 0.2) is 0 Å². The van der Waals surface area contributed by atoms with Crippen molar-refractivity contribution in [1.82, 2.24) is 25.0 Å². The van der Waals surface area contributed by atoms with E-state index in [-0.39, 0.29) is 24.2 Å². The molecule has 0 bridgehead atoms. The third-order valence-corrected chi connectivity index (χ3v) is 3.84. The van der Waals surface area contributed by atoms with E-state index in [9.17, 15) is 9.59 Å². The highest BCUT2D eigenvalue weighted by Gasteiger charge is 2.29. The van der Waals surface area contributed by atoms with Gasteiger partial charge in [0.2, 0.25) is 11.7 Å². The summed E-state index contributed by atoms with van der Waals surface area (Å²) < 4.78 is 0. The van der Waals surface area contributed by atoms with E-state index in [2.05, 4.69) is 15.2 Å². The number of hydrogen-bond donors (Lipinski definition) is 1. The Bertz CT molecular complexity index is 517. The molecular formula is C13H19N5O2. The van der Waals surface area contributed by atoms with Crippen LogP contribution in [0.5, 0.6) is 0 Å². The van der Waals surface area contributed by atoms with E-state index in [0.29, 0.717) is 5.92 Å². The van der Waals surface area contributed by atoms with Crippen LogP contribution in [-0.4, -0.2) is 63.5 Å². The van der Waals surface area contributed by atoms with E-state index in [1.54, 1.807) is 11.9 Å². The molecule has 0 aromatic carbocycles. The molecule has 108 valence electrons.